The molecule has 0 atom stereocenters. The Morgan fingerprint density at radius 3 is 2.69 bits per heavy atom. The van der Waals surface area contributed by atoms with Gasteiger partial charge in [0, 0.05) is 30.4 Å². The second kappa shape index (κ2) is 10.3. The number of aromatic nitrogens is 2. The van der Waals surface area contributed by atoms with Gasteiger partial charge in [-0.1, -0.05) is 29.8 Å². The minimum Gasteiger partial charge on any atom is -0.710 e. The minimum absolute atomic E-state index is 0.0915. The van der Waals surface area contributed by atoms with Gasteiger partial charge in [-0.15, -0.1) is 0 Å². The Balaban J connectivity index is 1.63. The highest BCUT2D eigenvalue weighted by Crippen LogP contribution is 2.26. The number of pyridine rings is 2. The van der Waals surface area contributed by atoms with Gasteiger partial charge in [-0.3, -0.25) is 15.1 Å². The van der Waals surface area contributed by atoms with Crippen LogP contribution in [0.1, 0.15) is 22.5 Å². The molecule has 32 heavy (non-hydrogen) atoms. The molecule has 4 N–H and O–H groups in total. The molecule has 0 aliphatic heterocycles. The average Bonchev–Trinajstić information content (AvgIpc) is 2.79. The van der Waals surface area contributed by atoms with Crippen LogP contribution in [0.2, 0.25) is 5.02 Å². The molecular weight excluding hydrogens is 440 g/mol. The molecular formula is C22H22ClF2N5O2. The molecule has 0 bridgehead atoms. The molecule has 1 amide bonds. The number of hydrogen-bond donors (Lipinski definition) is 3. The zero-order chi connectivity index (χ0) is 23.1. The van der Waals surface area contributed by atoms with Crippen molar-refractivity contribution in [3.05, 3.63) is 93.5 Å². The van der Waals surface area contributed by atoms with E-state index in [9.17, 15) is 18.8 Å². The number of alkyl halides is 2. The molecule has 3 aromatic rings. The number of carbonyl (C=O) groups is 1. The van der Waals surface area contributed by atoms with Crippen molar-refractivity contribution >= 4 is 23.3 Å². The fourth-order valence-corrected chi connectivity index (χ4v) is 3.25. The zero-order valence-corrected chi connectivity index (χ0v) is 17.8. The van der Waals surface area contributed by atoms with Crippen molar-refractivity contribution < 1.29 is 18.3 Å². The second-order valence-electron chi connectivity index (χ2n) is 7.04. The second-order valence-corrected chi connectivity index (χ2v) is 7.48. The Morgan fingerprint density at radius 1 is 1.16 bits per heavy atom. The zero-order valence-electron chi connectivity index (χ0n) is 17.0. The van der Waals surface area contributed by atoms with Gasteiger partial charge in [0.25, 0.3) is 5.82 Å². The summed E-state index contributed by atoms with van der Waals surface area (Å²) in [6, 6.07) is 13.8. The number of nitrogens with two attached hydrogens (primary N) is 1. The van der Waals surface area contributed by atoms with Crippen molar-refractivity contribution in [1.82, 2.24) is 10.3 Å². The lowest BCUT2D eigenvalue weighted by atomic mass is 10.1. The molecule has 7 nitrogen and oxygen atoms in total. The largest absolute Gasteiger partial charge is 0.710 e. The fraction of sp³-hybridized carbons (Fsp3) is 0.227. The van der Waals surface area contributed by atoms with Crippen molar-refractivity contribution in [3.8, 4) is 0 Å². The van der Waals surface area contributed by atoms with E-state index in [1.54, 1.807) is 18.2 Å². The van der Waals surface area contributed by atoms with Crippen LogP contribution in [0.15, 0.2) is 60.8 Å². The molecule has 0 fully saturated rings. The summed E-state index contributed by atoms with van der Waals surface area (Å²) in [6.07, 6.45) is 1.05. The number of carbonyl (C=O) groups excluding carboxylic acids is 1. The maximum atomic E-state index is 14.3. The van der Waals surface area contributed by atoms with Gasteiger partial charge in [0.1, 0.15) is 11.4 Å². The SMILES string of the molecule is NCc1ccc(Cl)cc1CNC(=O)Cc1cccc(NCC(F)(F)c2ccccn2)[n+]1[O-]. The summed E-state index contributed by atoms with van der Waals surface area (Å²) in [6.45, 7) is -0.336. The van der Waals surface area contributed by atoms with Crippen LogP contribution in [0.3, 0.4) is 0 Å². The summed E-state index contributed by atoms with van der Waals surface area (Å²) in [5.74, 6) is -3.78. The number of anilines is 1. The molecule has 0 radical (unpaired) electrons. The Labute approximate surface area is 188 Å². The molecule has 2 heterocycles. The number of halogens is 3. The van der Waals surface area contributed by atoms with E-state index < -0.39 is 24.1 Å². The number of nitrogens with one attached hydrogen (secondary N) is 2. The maximum Gasteiger partial charge on any atom is 0.325 e. The minimum atomic E-state index is -3.28. The van der Waals surface area contributed by atoms with Gasteiger partial charge in [0.2, 0.25) is 5.91 Å². The Bertz CT molecular complexity index is 1080. The molecule has 0 saturated heterocycles. The van der Waals surface area contributed by atoms with E-state index >= 15 is 0 Å². The number of benzene rings is 1. The molecule has 168 valence electrons. The van der Waals surface area contributed by atoms with Crippen LogP contribution in [-0.2, 0) is 30.2 Å². The van der Waals surface area contributed by atoms with Crippen LogP contribution >= 0.6 is 11.6 Å². The lowest BCUT2D eigenvalue weighted by Crippen LogP contribution is -2.40. The summed E-state index contributed by atoms with van der Waals surface area (Å²) in [4.78, 5) is 16.0. The van der Waals surface area contributed by atoms with Gasteiger partial charge < -0.3 is 16.3 Å². The van der Waals surface area contributed by atoms with Crippen LogP contribution < -0.4 is 21.1 Å². The third-order valence-corrected chi connectivity index (χ3v) is 4.99. The molecule has 0 aliphatic rings. The van der Waals surface area contributed by atoms with Crippen molar-refractivity contribution in [3.63, 3.8) is 0 Å². The first-order chi connectivity index (χ1) is 15.3. The molecule has 0 saturated carbocycles. The summed E-state index contributed by atoms with van der Waals surface area (Å²) >= 11 is 6.00. The lowest BCUT2D eigenvalue weighted by Gasteiger charge is -2.17. The average molecular weight is 462 g/mol. The Hall–Kier alpha value is -3.30. The van der Waals surface area contributed by atoms with Gasteiger partial charge in [-0.05, 0) is 41.5 Å². The topological polar surface area (TPSA) is 107 Å². The van der Waals surface area contributed by atoms with Gasteiger partial charge >= 0.3 is 5.92 Å². The quantitative estimate of drug-likeness (QED) is 0.335. The monoisotopic (exact) mass is 461 g/mol. The normalized spacial score (nSPS) is 11.2. The van der Waals surface area contributed by atoms with Crippen molar-refractivity contribution in [1.29, 1.82) is 0 Å². The lowest BCUT2D eigenvalue weighted by molar-refractivity contribution is -0.598. The predicted molar refractivity (Wildman–Crippen MR) is 117 cm³/mol. The maximum absolute atomic E-state index is 14.3. The van der Waals surface area contributed by atoms with E-state index in [0.29, 0.717) is 16.3 Å². The van der Waals surface area contributed by atoms with E-state index in [1.165, 1.54) is 42.6 Å². The summed E-state index contributed by atoms with van der Waals surface area (Å²) in [5, 5.41) is 18.2. The Morgan fingerprint density at radius 2 is 1.97 bits per heavy atom. The highest BCUT2D eigenvalue weighted by molar-refractivity contribution is 6.30. The molecule has 0 unspecified atom stereocenters. The van der Waals surface area contributed by atoms with E-state index in [2.05, 4.69) is 15.6 Å². The molecule has 0 spiro atoms. The van der Waals surface area contributed by atoms with Crippen molar-refractivity contribution in [2.24, 2.45) is 5.73 Å². The van der Waals surface area contributed by atoms with Gasteiger partial charge in [-0.25, -0.2) is 4.73 Å². The number of hydrogen-bond acceptors (Lipinski definition) is 5. The van der Waals surface area contributed by atoms with Crippen LogP contribution in [0.5, 0.6) is 0 Å². The van der Waals surface area contributed by atoms with E-state index in [0.717, 1.165) is 11.1 Å². The molecule has 10 heteroatoms. The molecule has 3 rings (SSSR count). The smallest absolute Gasteiger partial charge is 0.325 e. The first-order valence-corrected chi connectivity index (χ1v) is 10.2. The highest BCUT2D eigenvalue weighted by Gasteiger charge is 2.35. The van der Waals surface area contributed by atoms with Crippen molar-refractivity contribution in [2.45, 2.75) is 25.4 Å². The van der Waals surface area contributed by atoms with Crippen LogP contribution in [0.4, 0.5) is 14.6 Å². The van der Waals surface area contributed by atoms with Gasteiger partial charge in [0.15, 0.2) is 6.54 Å². The van der Waals surface area contributed by atoms with Crippen LogP contribution in [-0.4, -0.2) is 17.4 Å². The summed E-state index contributed by atoms with van der Waals surface area (Å²) in [5.41, 5.74) is 7.02. The highest BCUT2D eigenvalue weighted by atomic mass is 35.5. The fourth-order valence-electron chi connectivity index (χ4n) is 3.05. The predicted octanol–water partition coefficient (Wildman–Crippen LogP) is 2.89. The van der Waals surface area contributed by atoms with Gasteiger partial charge in [0.05, 0.1) is 6.42 Å². The summed E-state index contributed by atoms with van der Waals surface area (Å²) in [7, 11) is 0. The molecule has 0 aliphatic carbocycles. The van der Waals surface area contributed by atoms with E-state index in [4.69, 9.17) is 17.3 Å². The third-order valence-electron chi connectivity index (χ3n) is 4.76. The van der Waals surface area contributed by atoms with E-state index in [1.807, 2.05) is 0 Å². The summed E-state index contributed by atoms with van der Waals surface area (Å²) < 4.78 is 29.1. The number of nitrogens with zero attached hydrogens (tertiary/aromatic N) is 2. The van der Waals surface area contributed by atoms with Gasteiger partial charge in [-0.2, -0.15) is 8.78 Å². The molecule has 1 aromatic carbocycles. The third kappa shape index (κ3) is 5.89. The van der Waals surface area contributed by atoms with Crippen LogP contribution in [0.25, 0.3) is 0 Å². The van der Waals surface area contributed by atoms with E-state index in [-0.39, 0.29) is 24.5 Å². The van der Waals surface area contributed by atoms with Crippen molar-refractivity contribution in [2.75, 3.05) is 11.9 Å². The van der Waals surface area contributed by atoms with Crippen LogP contribution in [0, 0.1) is 5.21 Å². The first kappa shape index (κ1) is 23.4. The first-order valence-electron chi connectivity index (χ1n) is 9.79. The number of rotatable bonds is 9. The standard InChI is InChI=1S/C22H22ClF2N5O2/c23-17-8-7-15(12-26)16(10-17)13-28-21(31)11-18-4-3-6-20(30(18)32)29-14-22(24,25)19-5-1-2-9-27-19/h1-10,29H,11-14,26H2,(H,28,31). The molecule has 2 aromatic heterocycles. The number of amides is 1. The Kier molecular flexibility index (Phi) is 7.55.